The molecule has 1 N–H and O–H groups in total. The van der Waals surface area contributed by atoms with Crippen LogP contribution in [0.5, 0.6) is 5.75 Å². The monoisotopic (exact) mass is 550 g/mol. The average Bonchev–Trinajstić information content (AvgIpc) is 2.87. The van der Waals surface area contributed by atoms with E-state index in [1.54, 1.807) is 0 Å². The quantitative estimate of drug-likeness (QED) is 0.358. The van der Waals surface area contributed by atoms with Crippen LogP contribution in [0.3, 0.4) is 0 Å². The number of hydrogen-bond acceptors (Lipinski definition) is 5. The van der Waals surface area contributed by atoms with Gasteiger partial charge in [0.05, 0.1) is 17.9 Å². The molecule has 0 bridgehead atoms. The van der Waals surface area contributed by atoms with Gasteiger partial charge in [-0.3, -0.25) is 4.98 Å². The summed E-state index contributed by atoms with van der Waals surface area (Å²) in [4.78, 5) is 19.9. The van der Waals surface area contributed by atoms with Crippen molar-refractivity contribution in [1.29, 1.82) is 0 Å². The number of benzene rings is 1. The van der Waals surface area contributed by atoms with Crippen LogP contribution in [-0.4, -0.2) is 41.4 Å². The Morgan fingerprint density at radius 2 is 1.65 bits per heavy atom. The number of nitrogens with zero attached hydrogens (tertiary/aromatic N) is 2. The summed E-state index contributed by atoms with van der Waals surface area (Å²) >= 11 is 0. The van der Waals surface area contributed by atoms with Gasteiger partial charge >= 0.3 is 5.97 Å². The van der Waals surface area contributed by atoms with E-state index in [1.165, 1.54) is 25.7 Å². The van der Waals surface area contributed by atoms with Crippen LogP contribution in [-0.2, 0) is 9.53 Å². The van der Waals surface area contributed by atoms with Crippen molar-refractivity contribution >= 4 is 11.7 Å². The molecule has 1 aromatic carbocycles. The molecule has 1 aliphatic carbocycles. The third kappa shape index (κ3) is 7.37. The Labute approximate surface area is 241 Å². The maximum Gasteiger partial charge on any atom is 0.337 e. The molecule has 1 aromatic heterocycles. The van der Waals surface area contributed by atoms with E-state index in [-0.39, 0.29) is 5.41 Å². The molecule has 1 aliphatic heterocycles. The lowest BCUT2D eigenvalue weighted by atomic mass is 9.82. The van der Waals surface area contributed by atoms with Crippen molar-refractivity contribution in [2.75, 3.05) is 24.6 Å². The van der Waals surface area contributed by atoms with Gasteiger partial charge in [0.25, 0.3) is 0 Å². The number of rotatable bonds is 8. The number of carboxylic acids is 1. The van der Waals surface area contributed by atoms with E-state index in [2.05, 4.69) is 37.8 Å². The van der Waals surface area contributed by atoms with Gasteiger partial charge in [-0.05, 0) is 95.2 Å². The van der Waals surface area contributed by atoms with E-state index in [9.17, 15) is 9.90 Å². The van der Waals surface area contributed by atoms with Gasteiger partial charge in [-0.15, -0.1) is 0 Å². The number of aliphatic carboxylic acids is 1. The van der Waals surface area contributed by atoms with Gasteiger partial charge in [0.2, 0.25) is 0 Å². The van der Waals surface area contributed by atoms with Crippen molar-refractivity contribution in [3.63, 3.8) is 0 Å². The zero-order valence-corrected chi connectivity index (χ0v) is 26.0. The summed E-state index contributed by atoms with van der Waals surface area (Å²) in [6.45, 7) is 19.1. The topological polar surface area (TPSA) is 71.9 Å². The van der Waals surface area contributed by atoms with E-state index in [0.29, 0.717) is 17.2 Å². The Morgan fingerprint density at radius 3 is 2.20 bits per heavy atom. The molecule has 220 valence electrons. The predicted molar refractivity (Wildman–Crippen MR) is 162 cm³/mol. The van der Waals surface area contributed by atoms with Crippen molar-refractivity contribution in [1.82, 2.24) is 4.98 Å². The molecular weight excluding hydrogens is 500 g/mol. The lowest BCUT2D eigenvalue weighted by Gasteiger charge is -2.41. The van der Waals surface area contributed by atoms with Crippen LogP contribution in [0.1, 0.15) is 103 Å². The second-order valence-corrected chi connectivity index (χ2v) is 14.0. The van der Waals surface area contributed by atoms with Crippen molar-refractivity contribution in [3.8, 4) is 16.9 Å². The summed E-state index contributed by atoms with van der Waals surface area (Å²) in [5.74, 6) is 1.35. The highest BCUT2D eigenvalue weighted by Crippen LogP contribution is 2.45. The molecule has 1 saturated carbocycles. The van der Waals surface area contributed by atoms with Gasteiger partial charge in [-0.2, -0.15) is 0 Å². The minimum Gasteiger partial charge on any atom is -0.493 e. The van der Waals surface area contributed by atoms with Crippen LogP contribution in [0.25, 0.3) is 11.1 Å². The third-order valence-corrected chi connectivity index (χ3v) is 8.73. The maximum absolute atomic E-state index is 12.7. The Hall–Kier alpha value is -2.60. The molecule has 40 heavy (non-hydrogen) atoms. The number of anilines is 1. The molecule has 0 radical (unpaired) electrons. The van der Waals surface area contributed by atoms with Gasteiger partial charge in [0.15, 0.2) is 6.10 Å². The minimum absolute atomic E-state index is 0.261. The lowest BCUT2D eigenvalue weighted by Crippen LogP contribution is -2.39. The second kappa shape index (κ2) is 12.1. The molecule has 0 unspecified atom stereocenters. The number of aromatic nitrogens is 1. The Kier molecular flexibility index (Phi) is 9.18. The molecule has 1 atom stereocenters. The maximum atomic E-state index is 12.7. The number of ether oxygens (including phenoxy) is 2. The van der Waals surface area contributed by atoms with Crippen molar-refractivity contribution in [2.24, 2.45) is 17.3 Å². The number of pyridine rings is 1. The van der Waals surface area contributed by atoms with E-state index < -0.39 is 17.7 Å². The summed E-state index contributed by atoms with van der Waals surface area (Å²) in [6.07, 6.45) is 6.04. The Bertz CT molecular complexity index is 1160. The van der Waals surface area contributed by atoms with Crippen molar-refractivity contribution in [2.45, 2.75) is 106 Å². The van der Waals surface area contributed by atoms with Crippen LogP contribution in [0.2, 0.25) is 0 Å². The highest BCUT2D eigenvalue weighted by atomic mass is 16.5. The highest BCUT2D eigenvalue weighted by molar-refractivity contribution is 5.88. The molecule has 2 aliphatic rings. The van der Waals surface area contributed by atoms with E-state index in [1.807, 2.05) is 46.8 Å². The van der Waals surface area contributed by atoms with Crippen LogP contribution >= 0.6 is 0 Å². The Balaban J connectivity index is 1.73. The first kappa shape index (κ1) is 30.4. The third-order valence-electron chi connectivity index (χ3n) is 8.73. The van der Waals surface area contributed by atoms with Gasteiger partial charge in [0, 0.05) is 35.6 Å². The molecule has 2 fully saturated rings. The standard InChI is InChI=1S/C34H50N2O4/c1-22-9-11-25(12-10-22)21-39-27-15-13-26(14-16-27)28-23(2)35-24(3)29(31(32(37)38)40-33(4,5)6)30(28)36-19-17-34(7,8)18-20-36/h13-16,22,25,31H,9-12,17-21H2,1-8H3,(H,37,38)/t22?,25?,31-/m0/s1. The van der Waals surface area contributed by atoms with Crippen LogP contribution in [0.4, 0.5) is 5.69 Å². The van der Waals surface area contributed by atoms with E-state index >= 15 is 0 Å². The number of carboxylic acid groups (broad SMARTS) is 1. The summed E-state index contributed by atoms with van der Waals surface area (Å²) in [6, 6.07) is 8.28. The molecule has 1 saturated heterocycles. The molecular formula is C34H50N2O4. The summed E-state index contributed by atoms with van der Waals surface area (Å²) < 4.78 is 12.4. The average molecular weight is 551 g/mol. The Morgan fingerprint density at radius 1 is 1.05 bits per heavy atom. The molecule has 0 spiro atoms. The van der Waals surface area contributed by atoms with Crippen LogP contribution < -0.4 is 9.64 Å². The zero-order valence-electron chi connectivity index (χ0n) is 26.0. The molecule has 6 nitrogen and oxygen atoms in total. The predicted octanol–water partition coefficient (Wildman–Crippen LogP) is 8.14. The van der Waals surface area contributed by atoms with Crippen molar-refractivity contribution in [3.05, 3.63) is 41.2 Å². The molecule has 4 rings (SSSR count). The molecule has 2 aromatic rings. The van der Waals surface area contributed by atoms with Gasteiger partial charge in [0.1, 0.15) is 5.75 Å². The fraction of sp³-hybridized carbons (Fsp3) is 0.647. The smallest absolute Gasteiger partial charge is 0.337 e. The zero-order chi connectivity index (χ0) is 29.2. The number of aryl methyl sites for hydroxylation is 2. The first-order chi connectivity index (χ1) is 18.7. The lowest BCUT2D eigenvalue weighted by molar-refractivity contribution is -0.160. The van der Waals surface area contributed by atoms with E-state index in [0.717, 1.165) is 66.7 Å². The van der Waals surface area contributed by atoms with Gasteiger partial charge < -0.3 is 19.5 Å². The first-order valence-electron chi connectivity index (χ1n) is 15.1. The van der Waals surface area contributed by atoms with E-state index in [4.69, 9.17) is 14.5 Å². The van der Waals surface area contributed by atoms with Gasteiger partial charge in [-0.25, -0.2) is 4.79 Å². The number of hydrogen-bond donors (Lipinski definition) is 1. The minimum atomic E-state index is -1.11. The summed E-state index contributed by atoms with van der Waals surface area (Å²) in [5, 5.41) is 10.4. The second-order valence-electron chi connectivity index (χ2n) is 14.0. The molecule has 0 amide bonds. The first-order valence-corrected chi connectivity index (χ1v) is 15.1. The summed E-state index contributed by atoms with van der Waals surface area (Å²) in [5.41, 5.74) is 4.85. The molecule has 6 heteroatoms. The fourth-order valence-corrected chi connectivity index (χ4v) is 6.18. The van der Waals surface area contributed by atoms with Gasteiger partial charge in [-0.1, -0.05) is 45.7 Å². The fourth-order valence-electron chi connectivity index (χ4n) is 6.18. The molecule has 2 heterocycles. The largest absolute Gasteiger partial charge is 0.493 e. The number of carbonyl (C=O) groups is 1. The normalized spacial score (nSPS) is 22.1. The van der Waals surface area contributed by atoms with Crippen LogP contribution in [0.15, 0.2) is 24.3 Å². The van der Waals surface area contributed by atoms with Crippen molar-refractivity contribution < 1.29 is 19.4 Å². The SMILES string of the molecule is Cc1nc(C)c([C@H](OC(C)(C)C)C(=O)O)c(N2CCC(C)(C)CC2)c1-c1ccc(OCC2CCC(C)CC2)cc1. The van der Waals surface area contributed by atoms with Crippen LogP contribution in [0, 0.1) is 31.1 Å². The number of piperidine rings is 1. The summed E-state index contributed by atoms with van der Waals surface area (Å²) in [7, 11) is 0. The highest BCUT2D eigenvalue weighted by Gasteiger charge is 2.36.